The zero-order valence-corrected chi connectivity index (χ0v) is 29.3. The summed E-state index contributed by atoms with van der Waals surface area (Å²) in [7, 11) is 1.52. The van der Waals surface area contributed by atoms with Crippen LogP contribution in [0.25, 0.3) is 50.5 Å². The second-order valence-corrected chi connectivity index (χ2v) is 13.1. The molecule has 12 nitrogen and oxygen atoms in total. The molecule has 2 aromatic heterocycles. The second-order valence-electron chi connectivity index (χ2n) is 13.1. The maximum atomic E-state index is 12.9. The number of benzene rings is 4. The third kappa shape index (κ3) is 6.81. The monoisotopic (exact) mass is 720 g/mol. The summed E-state index contributed by atoms with van der Waals surface area (Å²) in [5, 5.41) is 59.5. The van der Waals surface area contributed by atoms with Gasteiger partial charge in [0.25, 0.3) is 0 Å². The molecule has 6 N–H and O–H groups in total. The van der Waals surface area contributed by atoms with Crippen molar-refractivity contribution in [1.29, 1.82) is 0 Å². The molecule has 1 aliphatic heterocycles. The molecule has 0 unspecified atom stereocenters. The molecule has 0 radical (unpaired) electrons. The van der Waals surface area contributed by atoms with Crippen molar-refractivity contribution in [2.75, 3.05) is 7.11 Å². The van der Waals surface area contributed by atoms with Gasteiger partial charge >= 0.3 is 5.63 Å². The van der Waals surface area contributed by atoms with Crippen LogP contribution < -0.4 is 20.5 Å². The van der Waals surface area contributed by atoms with Gasteiger partial charge < -0.3 is 48.9 Å². The number of hydrogen-bond acceptors (Lipinski definition) is 12. The van der Waals surface area contributed by atoms with Crippen molar-refractivity contribution in [2.45, 2.75) is 39.7 Å². The fraction of sp³-hybridized carbons (Fsp3) is 0.171. The van der Waals surface area contributed by atoms with Crippen LogP contribution in [0.1, 0.15) is 38.8 Å². The standard InChI is InChI=1S/C26H26O6.C15H10O6/c1-14(2)6-11-17-22-18(12-13-26(3,4)32-22)24-20(23(17)30-5)21(28)19(25(29)31-24)15-7-9-16(27)10-8-15;16-8-2-3-9-12(6-8)21-15(14(20)13(9)19)7-1-4-10(17)11(18)5-7/h6-10,12-13,27-28H,11H2,1-5H3;1-6,16-18,20H. The van der Waals surface area contributed by atoms with Crippen LogP contribution in [-0.2, 0) is 6.42 Å². The Morgan fingerprint density at radius 3 is 2.15 bits per heavy atom. The number of ether oxygens (including phenoxy) is 2. The number of phenols is 4. The number of phenolic OH excluding ortho intramolecular Hbond substituents is 4. The van der Waals surface area contributed by atoms with Gasteiger partial charge in [-0.2, -0.15) is 0 Å². The third-order valence-corrected chi connectivity index (χ3v) is 8.54. The van der Waals surface area contributed by atoms with Crippen molar-refractivity contribution < 1.29 is 48.9 Å². The predicted molar refractivity (Wildman–Crippen MR) is 199 cm³/mol. The van der Waals surface area contributed by atoms with Crippen molar-refractivity contribution in [3.63, 3.8) is 0 Å². The van der Waals surface area contributed by atoms with Crippen LogP contribution in [0.5, 0.6) is 46.0 Å². The molecule has 12 heteroatoms. The first-order chi connectivity index (χ1) is 25.1. The van der Waals surface area contributed by atoms with Gasteiger partial charge in [0.2, 0.25) is 11.2 Å². The Morgan fingerprint density at radius 1 is 0.811 bits per heavy atom. The Balaban J connectivity index is 0.000000198. The molecule has 0 saturated carbocycles. The average Bonchev–Trinajstić information content (AvgIpc) is 3.10. The Bertz CT molecular complexity index is 2590. The Morgan fingerprint density at radius 2 is 1.49 bits per heavy atom. The van der Waals surface area contributed by atoms with Gasteiger partial charge in [0.1, 0.15) is 50.9 Å². The topological polar surface area (TPSA) is 200 Å². The number of rotatable bonds is 5. The summed E-state index contributed by atoms with van der Waals surface area (Å²) in [4.78, 5) is 25.0. The Labute approximate surface area is 302 Å². The van der Waals surface area contributed by atoms with Gasteiger partial charge in [-0.05, 0) is 94.3 Å². The molecule has 4 aromatic carbocycles. The molecule has 0 fully saturated rings. The average molecular weight is 721 g/mol. The first-order valence-corrected chi connectivity index (χ1v) is 16.3. The van der Waals surface area contributed by atoms with E-state index in [4.69, 9.17) is 18.3 Å². The van der Waals surface area contributed by atoms with Crippen LogP contribution in [0.2, 0.25) is 0 Å². The van der Waals surface area contributed by atoms with E-state index in [1.807, 2.05) is 39.8 Å². The normalized spacial score (nSPS) is 12.8. The van der Waals surface area contributed by atoms with E-state index in [0.717, 1.165) is 17.2 Å². The first-order valence-electron chi connectivity index (χ1n) is 16.3. The molecule has 6 aromatic rings. The molecule has 0 atom stereocenters. The van der Waals surface area contributed by atoms with E-state index in [1.165, 1.54) is 49.6 Å². The fourth-order valence-electron chi connectivity index (χ4n) is 5.92. The second kappa shape index (κ2) is 13.7. The van der Waals surface area contributed by atoms with Crippen molar-refractivity contribution >= 4 is 28.0 Å². The summed E-state index contributed by atoms with van der Waals surface area (Å²) in [6.45, 7) is 7.89. The van der Waals surface area contributed by atoms with Gasteiger partial charge in [-0.15, -0.1) is 0 Å². The SMILES string of the molecule is COc1c(CC=C(C)C)c2c(c3oc(=O)c(-c4ccc(O)cc4)c(O)c13)C=CC(C)(C)O2.O=c1c(O)c(-c2ccc(O)c(O)c2)oc2cc(O)ccc12. The van der Waals surface area contributed by atoms with E-state index in [9.17, 15) is 40.2 Å². The summed E-state index contributed by atoms with van der Waals surface area (Å²) < 4.78 is 23.2. The summed E-state index contributed by atoms with van der Waals surface area (Å²) in [6.07, 6.45) is 6.31. The molecule has 272 valence electrons. The Kier molecular flexibility index (Phi) is 9.31. The lowest BCUT2D eigenvalue weighted by atomic mass is 9.93. The summed E-state index contributed by atoms with van der Waals surface area (Å²) in [6, 6.07) is 13.6. The summed E-state index contributed by atoms with van der Waals surface area (Å²) in [5.41, 5.74) is 1.51. The van der Waals surface area contributed by atoms with Crippen molar-refractivity contribution in [1.82, 2.24) is 0 Å². The smallest absolute Gasteiger partial charge is 0.348 e. The van der Waals surface area contributed by atoms with E-state index >= 15 is 0 Å². The van der Waals surface area contributed by atoms with Gasteiger partial charge in [-0.3, -0.25) is 4.79 Å². The van der Waals surface area contributed by atoms with Crippen LogP contribution >= 0.6 is 0 Å². The lowest BCUT2D eigenvalue weighted by Gasteiger charge is -2.31. The van der Waals surface area contributed by atoms with Gasteiger partial charge in [-0.1, -0.05) is 23.8 Å². The highest BCUT2D eigenvalue weighted by Crippen LogP contribution is 2.49. The molecule has 0 amide bonds. The van der Waals surface area contributed by atoms with E-state index in [-0.39, 0.29) is 56.4 Å². The van der Waals surface area contributed by atoms with Crippen LogP contribution in [0.15, 0.2) is 96.8 Å². The molecule has 0 bridgehead atoms. The van der Waals surface area contributed by atoms with Crippen molar-refractivity contribution in [2.24, 2.45) is 0 Å². The summed E-state index contributed by atoms with van der Waals surface area (Å²) in [5.74, 6) is -0.827. The van der Waals surface area contributed by atoms with Crippen LogP contribution in [0, 0.1) is 0 Å². The number of hydrogen-bond donors (Lipinski definition) is 6. The van der Waals surface area contributed by atoms with E-state index < -0.39 is 28.2 Å². The van der Waals surface area contributed by atoms with Crippen LogP contribution in [-0.4, -0.2) is 43.4 Å². The lowest BCUT2D eigenvalue weighted by Crippen LogP contribution is -2.28. The molecule has 0 saturated heterocycles. The van der Waals surface area contributed by atoms with E-state index in [1.54, 1.807) is 12.1 Å². The Hall–Kier alpha value is -6.82. The number of fused-ring (bicyclic) bond motifs is 4. The molecular formula is C41H36O12. The number of allylic oxidation sites excluding steroid dienone is 2. The van der Waals surface area contributed by atoms with E-state index in [2.05, 4.69) is 6.08 Å². The van der Waals surface area contributed by atoms with Crippen LogP contribution in [0.4, 0.5) is 0 Å². The van der Waals surface area contributed by atoms with Crippen LogP contribution in [0.3, 0.4) is 0 Å². The molecule has 7 rings (SSSR count). The molecule has 3 heterocycles. The molecule has 0 spiro atoms. The van der Waals surface area contributed by atoms with Crippen molar-refractivity contribution in [3.8, 4) is 68.4 Å². The molecule has 0 aliphatic carbocycles. The largest absolute Gasteiger partial charge is 0.508 e. The minimum atomic E-state index is -0.694. The maximum absolute atomic E-state index is 12.9. The van der Waals surface area contributed by atoms with Gasteiger partial charge in [0, 0.05) is 17.2 Å². The maximum Gasteiger partial charge on any atom is 0.348 e. The van der Waals surface area contributed by atoms with Gasteiger partial charge in [0.05, 0.1) is 18.1 Å². The van der Waals surface area contributed by atoms with Gasteiger partial charge in [-0.25, -0.2) is 4.79 Å². The highest BCUT2D eigenvalue weighted by Gasteiger charge is 2.32. The molecule has 53 heavy (non-hydrogen) atoms. The van der Waals surface area contributed by atoms with Gasteiger partial charge in [0.15, 0.2) is 22.8 Å². The highest BCUT2D eigenvalue weighted by atomic mass is 16.5. The highest BCUT2D eigenvalue weighted by molar-refractivity contribution is 6.02. The first kappa shape index (κ1) is 36.0. The van der Waals surface area contributed by atoms with E-state index in [0.29, 0.717) is 34.4 Å². The number of aromatic hydroxyl groups is 6. The van der Waals surface area contributed by atoms with Crippen molar-refractivity contribution in [3.05, 3.63) is 110 Å². The quantitative estimate of drug-likeness (QED) is 0.0573. The zero-order valence-electron chi connectivity index (χ0n) is 29.3. The zero-order chi connectivity index (χ0) is 38.4. The lowest BCUT2D eigenvalue weighted by molar-refractivity contribution is 0.157. The molecular weight excluding hydrogens is 684 g/mol. The predicted octanol–water partition coefficient (Wildman–Crippen LogP) is 7.86. The summed E-state index contributed by atoms with van der Waals surface area (Å²) >= 11 is 0. The fourth-order valence-corrected chi connectivity index (χ4v) is 5.92. The number of methoxy groups -OCH3 is 1. The third-order valence-electron chi connectivity index (χ3n) is 8.54. The molecule has 1 aliphatic rings. The minimum Gasteiger partial charge on any atom is -0.508 e. The minimum absolute atomic E-state index is 0.00458.